The van der Waals surface area contributed by atoms with E-state index in [1.807, 2.05) is 38.9 Å². The van der Waals surface area contributed by atoms with Gasteiger partial charge in [0.05, 0.1) is 12.5 Å². The summed E-state index contributed by atoms with van der Waals surface area (Å²) in [4.78, 5) is 24.4. The third-order valence-electron chi connectivity index (χ3n) is 5.11. The zero-order valence-corrected chi connectivity index (χ0v) is 23.0. The molecule has 200 valence electrons. The van der Waals surface area contributed by atoms with E-state index in [0.717, 1.165) is 22.3 Å². The van der Waals surface area contributed by atoms with E-state index in [1.165, 1.54) is 6.07 Å². The number of benzene rings is 2. The highest BCUT2D eigenvalue weighted by atomic mass is 35.5. The summed E-state index contributed by atoms with van der Waals surface area (Å²) >= 11 is 5.72. The van der Waals surface area contributed by atoms with Crippen LogP contribution in [-0.4, -0.2) is 51.8 Å². The second kappa shape index (κ2) is 13.9. The van der Waals surface area contributed by atoms with Crippen molar-refractivity contribution in [1.29, 1.82) is 0 Å². The van der Waals surface area contributed by atoms with Gasteiger partial charge in [0.1, 0.15) is 29.3 Å². The van der Waals surface area contributed by atoms with E-state index in [9.17, 15) is 9.59 Å². The van der Waals surface area contributed by atoms with Crippen molar-refractivity contribution < 1.29 is 27.8 Å². The molecule has 4 rings (SSSR count). The van der Waals surface area contributed by atoms with Gasteiger partial charge in [0.25, 0.3) is 0 Å². The SMILES string of the molecule is CN(C)CCOC(=O)COc1ccc(Cl)cc1.COc1c(C(C)C)oc2cc3oc(=O)ccc3cc12.Cl. The molecule has 4 aromatic rings. The van der Waals surface area contributed by atoms with Crippen LogP contribution in [0.5, 0.6) is 11.5 Å². The molecule has 0 spiro atoms. The van der Waals surface area contributed by atoms with Crippen molar-refractivity contribution >= 4 is 51.9 Å². The van der Waals surface area contributed by atoms with E-state index >= 15 is 0 Å². The van der Waals surface area contributed by atoms with Crippen LogP contribution >= 0.6 is 24.0 Å². The molecule has 8 nitrogen and oxygen atoms in total. The standard InChI is InChI=1S/C15H14O4.C12H16ClNO3.ClH/c1-8(2)14-15(17-3)10-6-9-4-5-13(16)18-11(9)7-12(10)19-14;1-14(2)7-8-16-12(15)9-17-11-5-3-10(13)4-6-11;/h4-8H,1-3H3;3-6H,7-9H2,1-2H3;1H. The highest BCUT2D eigenvalue weighted by Crippen LogP contribution is 2.38. The lowest BCUT2D eigenvalue weighted by Gasteiger charge is -2.10. The Morgan fingerprint density at radius 3 is 2.35 bits per heavy atom. The van der Waals surface area contributed by atoms with Crippen LogP contribution in [0.4, 0.5) is 0 Å². The Morgan fingerprint density at radius 2 is 1.73 bits per heavy atom. The normalized spacial score (nSPS) is 10.7. The van der Waals surface area contributed by atoms with Gasteiger partial charge in [-0.1, -0.05) is 25.4 Å². The van der Waals surface area contributed by atoms with Gasteiger partial charge in [-0.15, -0.1) is 12.4 Å². The second-order valence-corrected chi connectivity index (χ2v) is 9.00. The van der Waals surface area contributed by atoms with Crippen molar-refractivity contribution in [2.24, 2.45) is 0 Å². The summed E-state index contributed by atoms with van der Waals surface area (Å²) in [7, 11) is 5.46. The fourth-order valence-corrected chi connectivity index (χ4v) is 3.43. The smallest absolute Gasteiger partial charge is 0.344 e. The fraction of sp³-hybridized carbons (Fsp3) is 0.333. The molecule has 0 atom stereocenters. The maximum absolute atomic E-state index is 11.3. The first-order valence-electron chi connectivity index (χ1n) is 11.4. The molecule has 37 heavy (non-hydrogen) atoms. The number of ether oxygens (including phenoxy) is 3. The summed E-state index contributed by atoms with van der Waals surface area (Å²) in [5.41, 5.74) is 0.823. The number of nitrogens with zero attached hydrogens (tertiary/aromatic N) is 1. The van der Waals surface area contributed by atoms with Crippen molar-refractivity contribution in [1.82, 2.24) is 4.90 Å². The molecule has 0 aliphatic heterocycles. The van der Waals surface area contributed by atoms with E-state index in [2.05, 4.69) is 0 Å². The summed E-state index contributed by atoms with van der Waals surface area (Å²) in [6, 6.07) is 13.6. The lowest BCUT2D eigenvalue weighted by Crippen LogP contribution is -2.22. The van der Waals surface area contributed by atoms with Crippen molar-refractivity contribution in [2.45, 2.75) is 19.8 Å². The number of likely N-dealkylation sites (N-methyl/N-ethyl adjacent to an activating group) is 1. The third-order valence-corrected chi connectivity index (χ3v) is 5.36. The average molecular weight is 552 g/mol. The molecule has 0 amide bonds. The van der Waals surface area contributed by atoms with Gasteiger partial charge in [0, 0.05) is 35.0 Å². The number of fused-ring (bicyclic) bond motifs is 2. The quantitative estimate of drug-likeness (QED) is 0.197. The summed E-state index contributed by atoms with van der Waals surface area (Å²) < 4.78 is 26.6. The van der Waals surface area contributed by atoms with Crippen molar-refractivity contribution in [3.63, 3.8) is 0 Å². The molecule has 0 saturated heterocycles. The minimum Gasteiger partial charge on any atom is -0.492 e. The molecule has 2 heterocycles. The number of furan rings is 1. The van der Waals surface area contributed by atoms with Gasteiger partial charge < -0.3 is 27.9 Å². The van der Waals surface area contributed by atoms with Crippen LogP contribution in [0.2, 0.25) is 5.02 Å². The highest BCUT2D eigenvalue weighted by Gasteiger charge is 2.18. The third kappa shape index (κ3) is 8.42. The second-order valence-electron chi connectivity index (χ2n) is 8.56. The van der Waals surface area contributed by atoms with Crippen LogP contribution in [0.15, 0.2) is 62.2 Å². The number of methoxy groups -OCH3 is 1. The molecule has 0 N–H and O–H groups in total. The van der Waals surface area contributed by atoms with Crippen molar-refractivity contribution in [3.05, 3.63) is 69.7 Å². The van der Waals surface area contributed by atoms with Crippen LogP contribution in [0, 0.1) is 0 Å². The first-order chi connectivity index (χ1) is 17.2. The Hall–Kier alpha value is -3.20. The minimum atomic E-state index is -0.373. The lowest BCUT2D eigenvalue weighted by molar-refractivity contribution is -0.146. The van der Waals surface area contributed by atoms with Crippen LogP contribution in [0.25, 0.3) is 21.9 Å². The van der Waals surface area contributed by atoms with Gasteiger partial charge >= 0.3 is 11.6 Å². The average Bonchev–Trinajstić information content (AvgIpc) is 3.20. The summed E-state index contributed by atoms with van der Waals surface area (Å²) in [5.74, 6) is 1.99. The van der Waals surface area contributed by atoms with Crippen molar-refractivity contribution in [2.75, 3.05) is 41.0 Å². The molecule has 0 unspecified atom stereocenters. The molecule has 10 heteroatoms. The molecular formula is C27H31Cl2NO7. The largest absolute Gasteiger partial charge is 0.492 e. The van der Waals surface area contributed by atoms with Gasteiger partial charge in [0.2, 0.25) is 0 Å². The predicted molar refractivity (Wildman–Crippen MR) is 147 cm³/mol. The summed E-state index contributed by atoms with van der Waals surface area (Å²) in [6.45, 7) is 5.07. The van der Waals surface area contributed by atoms with E-state index in [0.29, 0.717) is 35.1 Å². The molecule has 0 bridgehead atoms. The Balaban J connectivity index is 0.000000255. The molecule has 2 aromatic carbocycles. The number of carbonyl (C=O) groups is 1. The van der Waals surface area contributed by atoms with Gasteiger partial charge in [0.15, 0.2) is 12.4 Å². The van der Waals surface area contributed by atoms with Gasteiger partial charge in [-0.25, -0.2) is 9.59 Å². The summed E-state index contributed by atoms with van der Waals surface area (Å²) in [5, 5.41) is 2.37. The first kappa shape index (κ1) is 30.0. The Labute approximate surface area is 226 Å². The fourth-order valence-electron chi connectivity index (χ4n) is 3.30. The molecule has 0 saturated carbocycles. The van der Waals surface area contributed by atoms with Gasteiger partial charge in [-0.2, -0.15) is 0 Å². The Kier molecular flexibility index (Phi) is 11.3. The Bertz CT molecular complexity index is 1360. The van der Waals surface area contributed by atoms with Gasteiger partial charge in [-0.05, 0) is 50.5 Å². The monoisotopic (exact) mass is 551 g/mol. The highest BCUT2D eigenvalue weighted by molar-refractivity contribution is 6.30. The van der Waals surface area contributed by atoms with E-state index in [1.54, 1.807) is 43.5 Å². The number of hydrogen-bond donors (Lipinski definition) is 0. The van der Waals surface area contributed by atoms with E-state index in [-0.39, 0.29) is 36.5 Å². The van der Waals surface area contributed by atoms with Crippen molar-refractivity contribution in [3.8, 4) is 11.5 Å². The zero-order valence-electron chi connectivity index (χ0n) is 21.4. The number of hydrogen-bond acceptors (Lipinski definition) is 8. The maximum atomic E-state index is 11.3. The van der Waals surface area contributed by atoms with Crippen LogP contribution in [0.3, 0.4) is 0 Å². The number of esters is 1. The molecule has 0 aliphatic carbocycles. The number of halogens is 2. The number of rotatable bonds is 8. The topological polar surface area (TPSA) is 91.3 Å². The van der Waals surface area contributed by atoms with Gasteiger partial charge in [-0.3, -0.25) is 0 Å². The Morgan fingerprint density at radius 1 is 1.03 bits per heavy atom. The first-order valence-corrected chi connectivity index (χ1v) is 11.8. The van der Waals surface area contributed by atoms with E-state index in [4.69, 9.17) is 34.6 Å². The molecule has 0 radical (unpaired) electrons. The lowest BCUT2D eigenvalue weighted by atomic mass is 10.1. The molecule has 2 aromatic heterocycles. The number of carbonyl (C=O) groups excluding carboxylic acids is 1. The molecule has 0 fully saturated rings. The summed E-state index contributed by atoms with van der Waals surface area (Å²) in [6.07, 6.45) is 0. The predicted octanol–water partition coefficient (Wildman–Crippen LogP) is 5.92. The van der Waals surface area contributed by atoms with Crippen LogP contribution in [-0.2, 0) is 9.53 Å². The molecule has 0 aliphatic rings. The van der Waals surface area contributed by atoms with Crippen LogP contribution in [0.1, 0.15) is 25.5 Å². The van der Waals surface area contributed by atoms with E-state index < -0.39 is 0 Å². The van der Waals surface area contributed by atoms with Crippen LogP contribution < -0.4 is 15.1 Å². The molecular weight excluding hydrogens is 521 g/mol. The minimum absolute atomic E-state index is 0. The zero-order chi connectivity index (χ0) is 26.2. The maximum Gasteiger partial charge on any atom is 0.344 e.